The number of hydrogen-bond acceptors (Lipinski definition) is 2. The molecule has 1 aromatic carbocycles. The zero-order valence-electron chi connectivity index (χ0n) is 11.7. The molecule has 0 unspecified atom stereocenters. The molecule has 0 aliphatic heterocycles. The van der Waals surface area contributed by atoms with E-state index in [1.165, 1.54) is 12.1 Å². The zero-order valence-corrected chi connectivity index (χ0v) is 12.5. The van der Waals surface area contributed by atoms with E-state index in [4.69, 9.17) is 16.0 Å². The number of nitrogens with one attached hydrogen (secondary N) is 1. The Labute approximate surface area is 117 Å². The van der Waals surface area contributed by atoms with Crippen molar-refractivity contribution in [2.45, 2.75) is 46.2 Å². The van der Waals surface area contributed by atoms with Crippen LogP contribution in [0.5, 0.6) is 0 Å². The van der Waals surface area contributed by atoms with Crippen LogP contribution in [0, 0.1) is 5.82 Å². The molecule has 0 bridgehead atoms. The van der Waals surface area contributed by atoms with Crippen molar-refractivity contribution < 1.29 is 8.81 Å². The molecule has 0 spiro atoms. The molecule has 19 heavy (non-hydrogen) atoms. The number of rotatable bonds is 3. The van der Waals surface area contributed by atoms with Crippen LogP contribution in [0.1, 0.15) is 39.0 Å². The van der Waals surface area contributed by atoms with Crippen LogP contribution in [0.3, 0.4) is 0 Å². The molecule has 1 heterocycles. The molecule has 104 valence electrons. The van der Waals surface area contributed by atoms with Gasteiger partial charge in [0.1, 0.15) is 11.6 Å². The molecule has 2 aromatic rings. The van der Waals surface area contributed by atoms with Crippen LogP contribution < -0.4 is 5.32 Å². The fraction of sp³-hybridized carbons (Fsp3) is 0.467. The minimum absolute atomic E-state index is 0.000962. The molecule has 0 radical (unpaired) electrons. The molecule has 2 rings (SSSR count). The summed E-state index contributed by atoms with van der Waals surface area (Å²) in [4.78, 5) is 0. The number of fused-ring (bicyclic) bond motifs is 1. The lowest BCUT2D eigenvalue weighted by atomic mass is 10.1. The van der Waals surface area contributed by atoms with Crippen molar-refractivity contribution in [1.82, 2.24) is 5.32 Å². The van der Waals surface area contributed by atoms with Gasteiger partial charge in [-0.05, 0) is 39.3 Å². The average Bonchev–Trinajstić information content (AvgIpc) is 2.63. The lowest BCUT2D eigenvalue weighted by molar-refractivity contribution is 0.393. The molecule has 0 amide bonds. The first-order valence-corrected chi connectivity index (χ1v) is 6.84. The third kappa shape index (κ3) is 3.10. The van der Waals surface area contributed by atoms with Crippen LogP contribution in [-0.4, -0.2) is 5.54 Å². The fourth-order valence-electron chi connectivity index (χ4n) is 2.10. The largest absolute Gasteiger partial charge is 0.458 e. The van der Waals surface area contributed by atoms with Gasteiger partial charge in [0, 0.05) is 16.5 Å². The van der Waals surface area contributed by atoms with Crippen LogP contribution >= 0.6 is 11.6 Å². The molecule has 0 saturated carbocycles. The number of hydrogen-bond donors (Lipinski definition) is 1. The molecule has 1 N–H and O–H groups in total. The van der Waals surface area contributed by atoms with Crippen molar-refractivity contribution >= 4 is 22.6 Å². The summed E-state index contributed by atoms with van der Waals surface area (Å²) >= 11 is 6.04. The molecule has 0 aliphatic carbocycles. The first kappa shape index (κ1) is 14.4. The molecule has 1 aromatic heterocycles. The van der Waals surface area contributed by atoms with E-state index >= 15 is 0 Å². The standard InChI is InChI=1S/C15H19ClFNO/c1-5-10-11-6-9(17)7-12(16)14(11)19-13(10)8-18-15(2,3)4/h6-7,18H,5,8H2,1-4H3. The summed E-state index contributed by atoms with van der Waals surface area (Å²) in [6.07, 6.45) is 0.786. The highest BCUT2D eigenvalue weighted by Gasteiger charge is 2.18. The van der Waals surface area contributed by atoms with Crippen LogP contribution in [0.25, 0.3) is 11.0 Å². The maximum Gasteiger partial charge on any atom is 0.153 e. The fourth-order valence-corrected chi connectivity index (χ4v) is 2.34. The Hall–Kier alpha value is -1.06. The Bertz CT molecular complexity index is 598. The SMILES string of the molecule is CCc1c(CNC(C)(C)C)oc2c(Cl)cc(F)cc12. The lowest BCUT2D eigenvalue weighted by Gasteiger charge is -2.19. The van der Waals surface area contributed by atoms with Gasteiger partial charge in [-0.15, -0.1) is 0 Å². The second-order valence-corrected chi connectivity index (χ2v) is 6.13. The van der Waals surface area contributed by atoms with E-state index in [9.17, 15) is 4.39 Å². The Balaban J connectivity index is 2.47. The third-order valence-corrected chi connectivity index (χ3v) is 3.31. The normalized spacial score (nSPS) is 12.3. The second kappa shape index (κ2) is 5.14. The lowest BCUT2D eigenvalue weighted by Crippen LogP contribution is -2.35. The quantitative estimate of drug-likeness (QED) is 0.885. The summed E-state index contributed by atoms with van der Waals surface area (Å²) in [5.41, 5.74) is 1.60. The predicted molar refractivity (Wildman–Crippen MR) is 77.2 cm³/mol. The van der Waals surface area contributed by atoms with Crippen LogP contribution in [-0.2, 0) is 13.0 Å². The van der Waals surface area contributed by atoms with Gasteiger partial charge in [-0.25, -0.2) is 4.39 Å². The van der Waals surface area contributed by atoms with Crippen molar-refractivity contribution in [2.24, 2.45) is 0 Å². The smallest absolute Gasteiger partial charge is 0.153 e. The molecule has 4 heteroatoms. The van der Waals surface area contributed by atoms with Gasteiger partial charge >= 0.3 is 0 Å². The highest BCUT2D eigenvalue weighted by atomic mass is 35.5. The van der Waals surface area contributed by atoms with Gasteiger partial charge in [0.15, 0.2) is 5.58 Å². The van der Waals surface area contributed by atoms with E-state index in [0.29, 0.717) is 17.2 Å². The first-order valence-electron chi connectivity index (χ1n) is 6.46. The van der Waals surface area contributed by atoms with Crippen molar-refractivity contribution in [3.8, 4) is 0 Å². The number of benzene rings is 1. The first-order chi connectivity index (χ1) is 8.81. The minimum Gasteiger partial charge on any atom is -0.458 e. The van der Waals surface area contributed by atoms with Crippen molar-refractivity contribution in [1.29, 1.82) is 0 Å². The summed E-state index contributed by atoms with van der Waals surface area (Å²) in [6.45, 7) is 8.92. The molecule has 0 saturated heterocycles. The Morgan fingerprint density at radius 3 is 2.58 bits per heavy atom. The summed E-state index contributed by atoms with van der Waals surface area (Å²) in [6, 6.07) is 2.78. The van der Waals surface area contributed by atoms with Crippen LogP contribution in [0.4, 0.5) is 4.39 Å². The highest BCUT2D eigenvalue weighted by Crippen LogP contribution is 2.32. The maximum atomic E-state index is 13.5. The van der Waals surface area contributed by atoms with E-state index in [0.717, 1.165) is 23.1 Å². The van der Waals surface area contributed by atoms with E-state index < -0.39 is 0 Å². The molecule has 0 fully saturated rings. The monoisotopic (exact) mass is 283 g/mol. The molecular weight excluding hydrogens is 265 g/mol. The summed E-state index contributed by atoms with van der Waals surface area (Å²) < 4.78 is 19.3. The van der Waals surface area contributed by atoms with Gasteiger partial charge in [0.05, 0.1) is 11.6 Å². The topological polar surface area (TPSA) is 25.2 Å². The van der Waals surface area contributed by atoms with E-state index in [1.807, 2.05) is 6.92 Å². The zero-order chi connectivity index (χ0) is 14.2. The Morgan fingerprint density at radius 1 is 1.32 bits per heavy atom. The number of halogens is 2. The Kier molecular flexibility index (Phi) is 3.88. The van der Waals surface area contributed by atoms with Crippen molar-refractivity contribution in [3.05, 3.63) is 34.3 Å². The van der Waals surface area contributed by atoms with Crippen molar-refractivity contribution in [2.75, 3.05) is 0 Å². The van der Waals surface area contributed by atoms with E-state index in [2.05, 4.69) is 26.1 Å². The van der Waals surface area contributed by atoms with Gasteiger partial charge in [-0.2, -0.15) is 0 Å². The third-order valence-electron chi connectivity index (χ3n) is 3.03. The Morgan fingerprint density at radius 2 is 2.00 bits per heavy atom. The van der Waals surface area contributed by atoms with Gasteiger partial charge in [-0.1, -0.05) is 18.5 Å². The van der Waals surface area contributed by atoms with Crippen LogP contribution in [0.15, 0.2) is 16.5 Å². The average molecular weight is 284 g/mol. The van der Waals surface area contributed by atoms with Gasteiger partial charge in [0.25, 0.3) is 0 Å². The predicted octanol–water partition coefficient (Wildman–Crippen LogP) is 4.68. The summed E-state index contributed by atoms with van der Waals surface area (Å²) in [5.74, 6) is 0.503. The van der Waals surface area contributed by atoms with Crippen molar-refractivity contribution in [3.63, 3.8) is 0 Å². The molecule has 2 nitrogen and oxygen atoms in total. The molecular formula is C15H19ClFNO. The van der Waals surface area contributed by atoms with E-state index in [1.54, 1.807) is 0 Å². The van der Waals surface area contributed by atoms with Gasteiger partial charge in [-0.3, -0.25) is 0 Å². The van der Waals surface area contributed by atoms with Gasteiger partial charge < -0.3 is 9.73 Å². The number of furan rings is 1. The number of aryl methyl sites for hydroxylation is 1. The van der Waals surface area contributed by atoms with E-state index in [-0.39, 0.29) is 11.4 Å². The maximum absolute atomic E-state index is 13.5. The van der Waals surface area contributed by atoms with Crippen LogP contribution in [0.2, 0.25) is 5.02 Å². The summed E-state index contributed by atoms with van der Waals surface area (Å²) in [7, 11) is 0. The highest BCUT2D eigenvalue weighted by molar-refractivity contribution is 6.34. The molecule has 0 aliphatic rings. The second-order valence-electron chi connectivity index (χ2n) is 5.73. The molecule has 0 atom stereocenters. The van der Waals surface area contributed by atoms with Gasteiger partial charge in [0.2, 0.25) is 0 Å². The minimum atomic E-state index is -0.330. The summed E-state index contributed by atoms with van der Waals surface area (Å²) in [5, 5.41) is 4.48.